The zero-order chi connectivity index (χ0) is 16.8. The summed E-state index contributed by atoms with van der Waals surface area (Å²) in [6.07, 6.45) is 0. The predicted molar refractivity (Wildman–Crippen MR) is 84.2 cm³/mol. The van der Waals surface area contributed by atoms with E-state index in [1.807, 2.05) is 32.6 Å². The van der Waals surface area contributed by atoms with Crippen LogP contribution in [0.5, 0.6) is 0 Å². The first kappa shape index (κ1) is 18.4. The van der Waals surface area contributed by atoms with Crippen LogP contribution in [0.2, 0.25) is 0 Å². The van der Waals surface area contributed by atoms with Gasteiger partial charge in [0.05, 0.1) is 13.1 Å². The Morgan fingerprint density at radius 2 is 1.59 bits per heavy atom. The van der Waals surface area contributed by atoms with E-state index < -0.39 is 5.41 Å². The molecule has 0 spiro atoms. The first-order chi connectivity index (χ1) is 10.2. The molecule has 0 aliphatic carbocycles. The van der Waals surface area contributed by atoms with E-state index in [-0.39, 0.29) is 24.3 Å². The second-order valence-electron chi connectivity index (χ2n) is 6.54. The molecule has 0 atom stereocenters. The van der Waals surface area contributed by atoms with E-state index >= 15 is 0 Å². The minimum Gasteiger partial charge on any atom is -0.355 e. The van der Waals surface area contributed by atoms with Gasteiger partial charge in [-0.3, -0.25) is 19.3 Å². The zero-order valence-electron chi connectivity index (χ0n) is 14.1. The minimum absolute atomic E-state index is 0.0136. The Hall–Kier alpha value is -1.63. The average molecular weight is 312 g/mol. The smallest absolute Gasteiger partial charge is 0.242 e. The van der Waals surface area contributed by atoms with Crippen LogP contribution in [0.4, 0.5) is 0 Å². The number of nitrogens with one attached hydrogen (secondary N) is 2. The Balaban J connectivity index is 2.31. The molecule has 1 saturated heterocycles. The van der Waals surface area contributed by atoms with Gasteiger partial charge in [0.1, 0.15) is 0 Å². The standard InChI is InChI=1S/C15H28N4O3/c1-5-16-12(20)11-18-6-8-19(9-7-18)13(21)10-17-14(22)15(2,3)4/h5-11H2,1-4H3,(H,16,20)(H,17,22). The van der Waals surface area contributed by atoms with Gasteiger partial charge in [0.25, 0.3) is 0 Å². The van der Waals surface area contributed by atoms with Crippen molar-refractivity contribution in [1.29, 1.82) is 0 Å². The molecular formula is C15H28N4O3. The summed E-state index contributed by atoms with van der Waals surface area (Å²) >= 11 is 0. The van der Waals surface area contributed by atoms with Crippen molar-refractivity contribution in [3.63, 3.8) is 0 Å². The summed E-state index contributed by atoms with van der Waals surface area (Å²) in [5.41, 5.74) is -0.494. The van der Waals surface area contributed by atoms with E-state index in [1.165, 1.54) is 0 Å². The van der Waals surface area contributed by atoms with Gasteiger partial charge in [0.2, 0.25) is 17.7 Å². The normalized spacial score (nSPS) is 16.3. The number of carbonyl (C=O) groups excluding carboxylic acids is 3. The van der Waals surface area contributed by atoms with Crippen LogP contribution in [0, 0.1) is 5.41 Å². The molecule has 0 bridgehead atoms. The number of rotatable bonds is 5. The molecule has 0 saturated carbocycles. The molecule has 7 nitrogen and oxygen atoms in total. The molecule has 1 aliphatic heterocycles. The fourth-order valence-electron chi connectivity index (χ4n) is 2.14. The summed E-state index contributed by atoms with van der Waals surface area (Å²) in [5.74, 6) is -0.189. The van der Waals surface area contributed by atoms with E-state index in [0.717, 1.165) is 0 Å². The maximum atomic E-state index is 12.1. The number of hydrogen-bond acceptors (Lipinski definition) is 4. The highest BCUT2D eigenvalue weighted by Gasteiger charge is 2.25. The molecule has 22 heavy (non-hydrogen) atoms. The molecule has 7 heteroatoms. The zero-order valence-corrected chi connectivity index (χ0v) is 14.1. The second-order valence-corrected chi connectivity index (χ2v) is 6.54. The monoisotopic (exact) mass is 312 g/mol. The molecule has 3 amide bonds. The van der Waals surface area contributed by atoms with Crippen molar-refractivity contribution < 1.29 is 14.4 Å². The van der Waals surface area contributed by atoms with Crippen molar-refractivity contribution in [2.45, 2.75) is 27.7 Å². The van der Waals surface area contributed by atoms with Crippen LogP contribution in [0.15, 0.2) is 0 Å². The van der Waals surface area contributed by atoms with Gasteiger partial charge in [-0.1, -0.05) is 20.8 Å². The highest BCUT2D eigenvalue weighted by atomic mass is 16.2. The van der Waals surface area contributed by atoms with E-state index in [1.54, 1.807) is 4.90 Å². The van der Waals surface area contributed by atoms with Gasteiger partial charge in [-0.25, -0.2) is 0 Å². The highest BCUT2D eigenvalue weighted by Crippen LogP contribution is 2.12. The fourth-order valence-corrected chi connectivity index (χ4v) is 2.14. The topological polar surface area (TPSA) is 81.8 Å². The number of likely N-dealkylation sites (N-methyl/N-ethyl adjacent to an activating group) is 1. The average Bonchev–Trinajstić information content (AvgIpc) is 2.44. The number of amides is 3. The molecule has 1 fully saturated rings. The molecule has 0 aromatic rings. The summed E-state index contributed by atoms with van der Waals surface area (Å²) in [7, 11) is 0. The largest absolute Gasteiger partial charge is 0.355 e. The van der Waals surface area contributed by atoms with Gasteiger partial charge in [0, 0.05) is 38.1 Å². The Labute approximate surface area is 132 Å². The van der Waals surface area contributed by atoms with Gasteiger partial charge < -0.3 is 15.5 Å². The first-order valence-corrected chi connectivity index (χ1v) is 7.79. The van der Waals surface area contributed by atoms with Gasteiger partial charge in [-0.2, -0.15) is 0 Å². The first-order valence-electron chi connectivity index (χ1n) is 7.79. The lowest BCUT2D eigenvalue weighted by Gasteiger charge is -2.34. The van der Waals surface area contributed by atoms with Crippen molar-refractivity contribution in [2.24, 2.45) is 5.41 Å². The Morgan fingerprint density at radius 3 is 2.09 bits per heavy atom. The second kappa shape index (κ2) is 8.12. The van der Waals surface area contributed by atoms with E-state index in [9.17, 15) is 14.4 Å². The van der Waals surface area contributed by atoms with E-state index in [2.05, 4.69) is 10.6 Å². The van der Waals surface area contributed by atoms with Crippen LogP contribution >= 0.6 is 0 Å². The molecule has 1 aliphatic rings. The van der Waals surface area contributed by atoms with Gasteiger partial charge in [0.15, 0.2) is 0 Å². The van der Waals surface area contributed by atoms with Crippen molar-refractivity contribution in [3.05, 3.63) is 0 Å². The molecule has 0 aromatic carbocycles. The summed E-state index contributed by atoms with van der Waals surface area (Å²) in [5, 5.41) is 5.44. The van der Waals surface area contributed by atoms with E-state index in [0.29, 0.717) is 39.3 Å². The third-order valence-electron chi connectivity index (χ3n) is 3.55. The van der Waals surface area contributed by atoms with Crippen LogP contribution in [0.25, 0.3) is 0 Å². The molecule has 0 radical (unpaired) electrons. The fraction of sp³-hybridized carbons (Fsp3) is 0.800. The molecule has 2 N–H and O–H groups in total. The number of piperazine rings is 1. The summed E-state index contributed by atoms with van der Waals surface area (Å²) in [6.45, 7) is 10.9. The van der Waals surface area contributed by atoms with Crippen LogP contribution in [0.1, 0.15) is 27.7 Å². The van der Waals surface area contributed by atoms with Crippen molar-refractivity contribution in [2.75, 3.05) is 45.8 Å². The quantitative estimate of drug-likeness (QED) is 0.712. The Kier molecular flexibility index (Phi) is 6.80. The molecular weight excluding hydrogens is 284 g/mol. The number of carbonyl (C=O) groups is 3. The van der Waals surface area contributed by atoms with Crippen LogP contribution < -0.4 is 10.6 Å². The number of nitrogens with zero attached hydrogens (tertiary/aromatic N) is 2. The maximum absolute atomic E-state index is 12.1. The van der Waals surface area contributed by atoms with Crippen molar-refractivity contribution >= 4 is 17.7 Å². The van der Waals surface area contributed by atoms with Gasteiger partial charge in [-0.15, -0.1) is 0 Å². The SMILES string of the molecule is CCNC(=O)CN1CCN(C(=O)CNC(=O)C(C)(C)C)CC1. The molecule has 0 unspecified atom stereocenters. The van der Waals surface area contributed by atoms with Crippen molar-refractivity contribution in [1.82, 2.24) is 20.4 Å². The molecule has 1 heterocycles. The molecule has 126 valence electrons. The lowest BCUT2D eigenvalue weighted by molar-refractivity contribution is -0.136. The maximum Gasteiger partial charge on any atom is 0.242 e. The predicted octanol–water partition coefficient (Wildman–Crippen LogP) is -0.571. The summed E-state index contributed by atoms with van der Waals surface area (Å²) in [4.78, 5) is 39.1. The summed E-state index contributed by atoms with van der Waals surface area (Å²) < 4.78 is 0. The third kappa shape index (κ3) is 6.01. The Bertz CT molecular complexity index is 410. The van der Waals surface area contributed by atoms with Crippen LogP contribution in [0.3, 0.4) is 0 Å². The lowest BCUT2D eigenvalue weighted by atomic mass is 9.96. The van der Waals surface area contributed by atoms with Crippen LogP contribution in [-0.4, -0.2) is 73.3 Å². The Morgan fingerprint density at radius 1 is 1.00 bits per heavy atom. The van der Waals surface area contributed by atoms with Crippen LogP contribution in [-0.2, 0) is 14.4 Å². The highest BCUT2D eigenvalue weighted by molar-refractivity contribution is 5.87. The molecule has 0 aromatic heterocycles. The molecule has 1 rings (SSSR count). The summed E-state index contributed by atoms with van der Waals surface area (Å²) in [6, 6.07) is 0. The van der Waals surface area contributed by atoms with Crippen molar-refractivity contribution in [3.8, 4) is 0 Å². The minimum atomic E-state index is -0.494. The number of hydrogen-bond donors (Lipinski definition) is 2. The van der Waals surface area contributed by atoms with Gasteiger partial charge in [-0.05, 0) is 6.92 Å². The van der Waals surface area contributed by atoms with Gasteiger partial charge >= 0.3 is 0 Å². The third-order valence-corrected chi connectivity index (χ3v) is 3.55. The van der Waals surface area contributed by atoms with E-state index in [4.69, 9.17) is 0 Å². The lowest BCUT2D eigenvalue weighted by Crippen LogP contribution is -2.53.